The molecule has 1 saturated carbocycles. The minimum absolute atomic E-state index is 0.0976. The van der Waals surface area contributed by atoms with Crippen molar-refractivity contribution in [2.75, 3.05) is 13.2 Å². The number of hydrogen-bond donors (Lipinski definition) is 0. The summed E-state index contributed by atoms with van der Waals surface area (Å²) in [6, 6.07) is 0. The second kappa shape index (κ2) is 4.21. The third-order valence-corrected chi connectivity index (χ3v) is 3.06. The number of carbonyl (C=O) groups is 2. The average molecular weight is 214 g/mol. The van der Waals surface area contributed by atoms with Crippen molar-refractivity contribution in [3.8, 4) is 0 Å². The van der Waals surface area contributed by atoms with Gasteiger partial charge in [0.15, 0.2) is 0 Å². The van der Waals surface area contributed by atoms with E-state index in [2.05, 4.69) is 0 Å². The van der Waals surface area contributed by atoms with Crippen LogP contribution in [0.1, 0.15) is 27.7 Å². The molecule has 2 unspecified atom stereocenters. The van der Waals surface area contributed by atoms with Crippen LogP contribution >= 0.6 is 0 Å². The predicted molar refractivity (Wildman–Crippen MR) is 54.0 cm³/mol. The van der Waals surface area contributed by atoms with E-state index in [0.29, 0.717) is 13.2 Å². The molecule has 4 heteroatoms. The lowest BCUT2D eigenvalue weighted by Crippen LogP contribution is -2.11. The molecule has 0 spiro atoms. The van der Waals surface area contributed by atoms with Crippen molar-refractivity contribution in [1.82, 2.24) is 0 Å². The second-order valence-electron chi connectivity index (χ2n) is 4.46. The molecule has 0 radical (unpaired) electrons. The average Bonchev–Trinajstić information content (AvgIpc) is 2.65. The van der Waals surface area contributed by atoms with Gasteiger partial charge in [0.1, 0.15) is 0 Å². The zero-order valence-electron chi connectivity index (χ0n) is 9.70. The van der Waals surface area contributed by atoms with Crippen molar-refractivity contribution in [3.63, 3.8) is 0 Å². The molecule has 1 aliphatic carbocycles. The predicted octanol–water partition coefficient (Wildman–Crippen LogP) is 1.38. The zero-order valence-corrected chi connectivity index (χ0v) is 9.70. The highest BCUT2D eigenvalue weighted by atomic mass is 16.5. The summed E-state index contributed by atoms with van der Waals surface area (Å²) in [4.78, 5) is 22.2. The number of ether oxygens (including phenoxy) is 2. The fourth-order valence-corrected chi connectivity index (χ4v) is 1.96. The van der Waals surface area contributed by atoms with Gasteiger partial charge in [-0.1, -0.05) is 13.8 Å². The fraction of sp³-hybridized carbons (Fsp3) is 0.818. The number of rotatable bonds is 4. The van der Waals surface area contributed by atoms with Gasteiger partial charge >= 0.3 is 11.9 Å². The van der Waals surface area contributed by atoms with Crippen LogP contribution in [-0.4, -0.2) is 25.2 Å². The largest absolute Gasteiger partial charge is 0.466 e. The molecule has 0 bridgehead atoms. The van der Waals surface area contributed by atoms with E-state index in [1.165, 1.54) is 6.92 Å². The topological polar surface area (TPSA) is 52.6 Å². The lowest BCUT2D eigenvalue weighted by molar-refractivity contribution is -0.147. The Balaban J connectivity index is 2.47. The first kappa shape index (κ1) is 12.0. The Bertz CT molecular complexity index is 270. The van der Waals surface area contributed by atoms with E-state index in [1.54, 1.807) is 6.92 Å². The van der Waals surface area contributed by atoms with Gasteiger partial charge in [-0.3, -0.25) is 9.59 Å². The van der Waals surface area contributed by atoms with E-state index < -0.39 is 0 Å². The molecule has 0 N–H and O–H groups in total. The van der Waals surface area contributed by atoms with E-state index in [4.69, 9.17) is 9.47 Å². The van der Waals surface area contributed by atoms with Crippen molar-refractivity contribution in [3.05, 3.63) is 0 Å². The van der Waals surface area contributed by atoms with E-state index in [-0.39, 0.29) is 29.2 Å². The van der Waals surface area contributed by atoms with Crippen LogP contribution in [0.2, 0.25) is 0 Å². The smallest absolute Gasteiger partial charge is 0.309 e. The second-order valence-corrected chi connectivity index (χ2v) is 4.46. The number of esters is 2. The van der Waals surface area contributed by atoms with Crippen LogP contribution in [0.3, 0.4) is 0 Å². The molecule has 0 heterocycles. The molecule has 1 aliphatic rings. The lowest BCUT2D eigenvalue weighted by Gasteiger charge is -2.02. The molecule has 0 aromatic heterocycles. The van der Waals surface area contributed by atoms with E-state index in [9.17, 15) is 9.59 Å². The zero-order chi connectivity index (χ0) is 11.6. The maximum absolute atomic E-state index is 11.5. The molecule has 0 saturated heterocycles. The van der Waals surface area contributed by atoms with Gasteiger partial charge in [0, 0.05) is 12.8 Å². The lowest BCUT2D eigenvalue weighted by atomic mass is 10.1. The highest BCUT2D eigenvalue weighted by Gasteiger charge is 2.63. The van der Waals surface area contributed by atoms with Crippen LogP contribution in [-0.2, 0) is 19.1 Å². The summed E-state index contributed by atoms with van der Waals surface area (Å²) in [5.74, 6) is -0.516. The Morgan fingerprint density at radius 1 is 1.27 bits per heavy atom. The molecule has 1 fully saturated rings. The van der Waals surface area contributed by atoms with Crippen LogP contribution in [0.25, 0.3) is 0 Å². The third-order valence-electron chi connectivity index (χ3n) is 3.06. The maximum Gasteiger partial charge on any atom is 0.309 e. The van der Waals surface area contributed by atoms with E-state index in [1.807, 2.05) is 13.8 Å². The third kappa shape index (κ3) is 2.49. The highest BCUT2D eigenvalue weighted by Crippen LogP contribution is 2.58. The maximum atomic E-state index is 11.5. The molecule has 0 aromatic carbocycles. The molecule has 0 amide bonds. The molecule has 86 valence electrons. The SMILES string of the molecule is CCOC(=O)C1C(COC(C)=O)C1(C)C. The monoisotopic (exact) mass is 214 g/mol. The first-order valence-electron chi connectivity index (χ1n) is 5.21. The fourth-order valence-electron chi connectivity index (χ4n) is 1.96. The molecular formula is C11H18O4. The van der Waals surface area contributed by atoms with Crippen molar-refractivity contribution in [2.24, 2.45) is 17.3 Å². The summed E-state index contributed by atoms with van der Waals surface area (Å²) < 4.78 is 9.87. The van der Waals surface area contributed by atoms with Gasteiger partial charge in [-0.2, -0.15) is 0 Å². The first-order valence-corrected chi connectivity index (χ1v) is 5.21. The Morgan fingerprint density at radius 3 is 2.33 bits per heavy atom. The number of hydrogen-bond acceptors (Lipinski definition) is 4. The first-order chi connectivity index (χ1) is 6.91. The Hall–Kier alpha value is -1.06. The quantitative estimate of drug-likeness (QED) is 0.663. The molecule has 0 aliphatic heterocycles. The van der Waals surface area contributed by atoms with Crippen molar-refractivity contribution in [1.29, 1.82) is 0 Å². The summed E-state index contributed by atoms with van der Waals surface area (Å²) in [6.07, 6.45) is 0. The summed E-state index contributed by atoms with van der Waals surface area (Å²) in [7, 11) is 0. The molecule has 4 nitrogen and oxygen atoms in total. The van der Waals surface area contributed by atoms with Gasteiger partial charge in [-0.15, -0.1) is 0 Å². The van der Waals surface area contributed by atoms with Gasteiger partial charge < -0.3 is 9.47 Å². The Kier molecular flexibility index (Phi) is 3.37. The van der Waals surface area contributed by atoms with Crippen LogP contribution in [0, 0.1) is 17.3 Å². The van der Waals surface area contributed by atoms with Crippen molar-refractivity contribution < 1.29 is 19.1 Å². The number of carbonyl (C=O) groups excluding carboxylic acids is 2. The van der Waals surface area contributed by atoms with Gasteiger partial charge in [-0.25, -0.2) is 0 Å². The minimum atomic E-state index is -0.305. The molecule has 0 aromatic rings. The summed E-state index contributed by atoms with van der Waals surface area (Å²) in [5.41, 5.74) is -0.109. The summed E-state index contributed by atoms with van der Waals surface area (Å²) >= 11 is 0. The standard InChI is InChI=1S/C11H18O4/c1-5-14-10(13)9-8(11(9,3)4)6-15-7(2)12/h8-9H,5-6H2,1-4H3. The van der Waals surface area contributed by atoms with Gasteiger partial charge in [0.25, 0.3) is 0 Å². The van der Waals surface area contributed by atoms with Crippen molar-refractivity contribution >= 4 is 11.9 Å². The molecule has 15 heavy (non-hydrogen) atoms. The van der Waals surface area contributed by atoms with Gasteiger partial charge in [0.05, 0.1) is 19.1 Å². The molecule has 1 rings (SSSR count). The Labute approximate surface area is 89.9 Å². The normalized spacial score (nSPS) is 26.9. The minimum Gasteiger partial charge on any atom is -0.466 e. The van der Waals surface area contributed by atoms with Crippen LogP contribution in [0.15, 0.2) is 0 Å². The van der Waals surface area contributed by atoms with Gasteiger partial charge in [-0.05, 0) is 12.3 Å². The van der Waals surface area contributed by atoms with Crippen LogP contribution in [0.4, 0.5) is 0 Å². The Morgan fingerprint density at radius 2 is 1.87 bits per heavy atom. The van der Waals surface area contributed by atoms with E-state index >= 15 is 0 Å². The van der Waals surface area contributed by atoms with Crippen LogP contribution < -0.4 is 0 Å². The highest BCUT2D eigenvalue weighted by molar-refractivity contribution is 5.77. The van der Waals surface area contributed by atoms with Gasteiger partial charge in [0.2, 0.25) is 0 Å². The van der Waals surface area contributed by atoms with Crippen LogP contribution in [0.5, 0.6) is 0 Å². The summed E-state index contributed by atoms with van der Waals surface area (Å²) in [5, 5.41) is 0. The summed E-state index contributed by atoms with van der Waals surface area (Å²) in [6.45, 7) is 7.84. The molecule has 2 atom stereocenters. The van der Waals surface area contributed by atoms with E-state index in [0.717, 1.165) is 0 Å². The van der Waals surface area contributed by atoms with Crippen molar-refractivity contribution in [2.45, 2.75) is 27.7 Å². The molecular weight excluding hydrogens is 196 g/mol.